The van der Waals surface area contributed by atoms with Crippen molar-refractivity contribution in [1.82, 2.24) is 30.0 Å². The van der Waals surface area contributed by atoms with Crippen LogP contribution in [0.1, 0.15) is 28.7 Å². The van der Waals surface area contributed by atoms with Gasteiger partial charge in [-0.3, -0.25) is 9.69 Å². The molecule has 0 N–H and O–H groups in total. The van der Waals surface area contributed by atoms with Crippen LogP contribution in [0.15, 0.2) is 41.8 Å². The van der Waals surface area contributed by atoms with Crippen molar-refractivity contribution in [3.8, 4) is 0 Å². The molecule has 0 radical (unpaired) electrons. The fraction of sp³-hybridized carbons (Fsp3) is 0.429. The molecule has 1 saturated heterocycles. The predicted octanol–water partition coefficient (Wildman–Crippen LogP) is 2.70. The van der Waals surface area contributed by atoms with Gasteiger partial charge in [-0.1, -0.05) is 18.2 Å². The second-order valence-corrected chi connectivity index (χ2v) is 8.58. The summed E-state index contributed by atoms with van der Waals surface area (Å²) in [7, 11) is 0. The largest absolute Gasteiger partial charge is 0.339 e. The van der Waals surface area contributed by atoms with E-state index in [-0.39, 0.29) is 11.7 Å². The highest BCUT2D eigenvalue weighted by molar-refractivity contribution is 7.09. The van der Waals surface area contributed by atoms with Gasteiger partial charge in [-0.15, -0.1) is 16.4 Å². The Morgan fingerprint density at radius 3 is 2.70 bits per heavy atom. The van der Waals surface area contributed by atoms with E-state index in [1.807, 2.05) is 4.90 Å². The third kappa shape index (κ3) is 4.91. The van der Waals surface area contributed by atoms with Crippen LogP contribution in [-0.2, 0) is 17.8 Å². The maximum atomic E-state index is 13.5. The lowest BCUT2D eigenvalue weighted by Gasteiger charge is -2.26. The second kappa shape index (κ2) is 9.44. The standard InChI is InChI=1S/C21H25FN6OS/c1-16-23-24-25-28(16)20(14-17-5-7-18(22)8-6-17)21(29)27-10-3-9-26(11-12-27)15-19-4-2-13-30-19/h2,4-8,13,20H,3,9-12,14-15H2,1H3. The lowest BCUT2D eigenvalue weighted by atomic mass is 10.0. The van der Waals surface area contributed by atoms with Crippen LogP contribution in [0.3, 0.4) is 0 Å². The predicted molar refractivity (Wildman–Crippen MR) is 112 cm³/mol. The lowest BCUT2D eigenvalue weighted by Crippen LogP contribution is -2.41. The first-order valence-corrected chi connectivity index (χ1v) is 11.0. The molecule has 0 bridgehead atoms. The van der Waals surface area contributed by atoms with Crippen LogP contribution in [0.5, 0.6) is 0 Å². The van der Waals surface area contributed by atoms with Gasteiger partial charge in [0.15, 0.2) is 0 Å². The molecule has 1 amide bonds. The minimum atomic E-state index is -0.547. The number of carbonyl (C=O) groups excluding carboxylic acids is 1. The van der Waals surface area contributed by atoms with E-state index in [0.29, 0.717) is 25.3 Å². The fourth-order valence-corrected chi connectivity index (χ4v) is 4.58. The highest BCUT2D eigenvalue weighted by atomic mass is 32.1. The van der Waals surface area contributed by atoms with Crippen molar-refractivity contribution in [3.63, 3.8) is 0 Å². The molecule has 1 aromatic carbocycles. The number of hydrogen-bond donors (Lipinski definition) is 0. The zero-order chi connectivity index (χ0) is 20.9. The van der Waals surface area contributed by atoms with Gasteiger partial charge in [0.05, 0.1) is 0 Å². The molecule has 4 rings (SSSR count). The van der Waals surface area contributed by atoms with Crippen molar-refractivity contribution in [2.75, 3.05) is 26.2 Å². The summed E-state index contributed by atoms with van der Waals surface area (Å²) in [4.78, 5) is 19.2. The van der Waals surface area contributed by atoms with Crippen molar-refractivity contribution in [2.24, 2.45) is 0 Å². The average Bonchev–Trinajstić information content (AvgIpc) is 3.34. The quantitative estimate of drug-likeness (QED) is 0.604. The minimum Gasteiger partial charge on any atom is -0.339 e. The highest BCUT2D eigenvalue weighted by Gasteiger charge is 2.30. The molecule has 1 atom stereocenters. The fourth-order valence-electron chi connectivity index (χ4n) is 3.83. The Balaban J connectivity index is 1.48. The Morgan fingerprint density at radius 2 is 2.00 bits per heavy atom. The number of tetrazole rings is 1. The number of carbonyl (C=O) groups is 1. The third-order valence-corrected chi connectivity index (χ3v) is 6.30. The molecule has 1 fully saturated rings. The van der Waals surface area contributed by atoms with E-state index < -0.39 is 6.04 Å². The second-order valence-electron chi connectivity index (χ2n) is 7.55. The first-order chi connectivity index (χ1) is 14.6. The highest BCUT2D eigenvalue weighted by Crippen LogP contribution is 2.20. The molecule has 30 heavy (non-hydrogen) atoms. The molecule has 0 saturated carbocycles. The van der Waals surface area contributed by atoms with Crippen molar-refractivity contribution in [2.45, 2.75) is 32.4 Å². The summed E-state index contributed by atoms with van der Waals surface area (Å²) in [5.41, 5.74) is 0.874. The number of thiophene rings is 1. The Labute approximate surface area is 179 Å². The molecule has 1 aliphatic heterocycles. The zero-order valence-electron chi connectivity index (χ0n) is 16.9. The van der Waals surface area contributed by atoms with E-state index in [2.05, 4.69) is 37.9 Å². The molecule has 9 heteroatoms. The normalized spacial score (nSPS) is 16.4. The zero-order valence-corrected chi connectivity index (χ0v) is 17.8. The van der Waals surface area contributed by atoms with E-state index in [4.69, 9.17) is 0 Å². The Morgan fingerprint density at radius 1 is 1.17 bits per heavy atom. The molecular formula is C21H25FN6OS. The van der Waals surface area contributed by atoms with E-state index in [1.54, 1.807) is 35.1 Å². The first kappa shape index (κ1) is 20.6. The van der Waals surface area contributed by atoms with Gasteiger partial charge in [0.1, 0.15) is 17.7 Å². The Hall–Kier alpha value is -2.65. The van der Waals surface area contributed by atoms with Crippen LogP contribution in [0.2, 0.25) is 0 Å². The number of rotatable bonds is 6. The van der Waals surface area contributed by atoms with Crippen LogP contribution in [0, 0.1) is 12.7 Å². The first-order valence-electron chi connectivity index (χ1n) is 10.1. The Bertz CT molecular complexity index is 958. The van der Waals surface area contributed by atoms with Crippen molar-refractivity contribution in [1.29, 1.82) is 0 Å². The molecular weight excluding hydrogens is 403 g/mol. The summed E-state index contributed by atoms with van der Waals surface area (Å²) < 4.78 is 14.9. The van der Waals surface area contributed by atoms with E-state index in [9.17, 15) is 9.18 Å². The Kier molecular flexibility index (Phi) is 6.49. The maximum Gasteiger partial charge on any atom is 0.247 e. The van der Waals surface area contributed by atoms with Gasteiger partial charge in [0.2, 0.25) is 5.91 Å². The van der Waals surface area contributed by atoms with Crippen LogP contribution in [-0.4, -0.2) is 62.1 Å². The van der Waals surface area contributed by atoms with Crippen LogP contribution >= 0.6 is 11.3 Å². The van der Waals surface area contributed by atoms with Gasteiger partial charge in [-0.2, -0.15) is 0 Å². The van der Waals surface area contributed by atoms with E-state index in [0.717, 1.165) is 31.6 Å². The van der Waals surface area contributed by atoms with Crippen molar-refractivity contribution in [3.05, 3.63) is 63.9 Å². The molecule has 7 nitrogen and oxygen atoms in total. The summed E-state index contributed by atoms with van der Waals surface area (Å²) in [6.45, 7) is 5.89. The van der Waals surface area contributed by atoms with E-state index in [1.165, 1.54) is 17.0 Å². The van der Waals surface area contributed by atoms with Crippen LogP contribution in [0.25, 0.3) is 0 Å². The summed E-state index contributed by atoms with van der Waals surface area (Å²) in [6.07, 6.45) is 1.34. The molecule has 1 unspecified atom stereocenters. The average molecular weight is 429 g/mol. The number of amides is 1. The molecule has 2 aromatic heterocycles. The molecule has 3 aromatic rings. The summed E-state index contributed by atoms with van der Waals surface area (Å²) in [5, 5.41) is 13.8. The van der Waals surface area contributed by atoms with Gasteiger partial charge in [-0.25, -0.2) is 9.07 Å². The molecule has 3 heterocycles. The smallest absolute Gasteiger partial charge is 0.247 e. The number of halogens is 1. The number of aryl methyl sites for hydroxylation is 1. The number of nitrogens with zero attached hydrogens (tertiary/aromatic N) is 6. The van der Waals surface area contributed by atoms with Crippen molar-refractivity contribution < 1.29 is 9.18 Å². The molecule has 0 spiro atoms. The van der Waals surface area contributed by atoms with E-state index >= 15 is 0 Å². The third-order valence-electron chi connectivity index (χ3n) is 5.44. The van der Waals surface area contributed by atoms with Crippen LogP contribution < -0.4 is 0 Å². The van der Waals surface area contributed by atoms with Gasteiger partial charge >= 0.3 is 0 Å². The number of hydrogen-bond acceptors (Lipinski definition) is 6. The minimum absolute atomic E-state index is 0.00713. The maximum absolute atomic E-state index is 13.5. The molecule has 158 valence electrons. The lowest BCUT2D eigenvalue weighted by molar-refractivity contribution is -0.135. The summed E-state index contributed by atoms with van der Waals surface area (Å²) in [6, 6.07) is 9.92. The number of benzene rings is 1. The molecule has 1 aliphatic rings. The molecule has 0 aliphatic carbocycles. The summed E-state index contributed by atoms with van der Waals surface area (Å²) in [5.74, 6) is 0.302. The number of aromatic nitrogens is 4. The van der Waals surface area contributed by atoms with Gasteiger partial charge in [0.25, 0.3) is 0 Å². The SMILES string of the molecule is Cc1nnnn1C(Cc1ccc(F)cc1)C(=O)N1CCCN(Cc2cccs2)CC1. The monoisotopic (exact) mass is 428 g/mol. The van der Waals surface area contributed by atoms with Gasteiger partial charge < -0.3 is 4.90 Å². The van der Waals surface area contributed by atoms with Gasteiger partial charge in [0, 0.05) is 44.0 Å². The topological polar surface area (TPSA) is 67.2 Å². The summed E-state index contributed by atoms with van der Waals surface area (Å²) >= 11 is 1.76. The van der Waals surface area contributed by atoms with Crippen LogP contribution in [0.4, 0.5) is 4.39 Å². The van der Waals surface area contributed by atoms with Gasteiger partial charge in [-0.05, 0) is 52.9 Å². The van der Waals surface area contributed by atoms with Crippen molar-refractivity contribution >= 4 is 17.2 Å².